The molecule has 1 amide bonds. The number of nitrogens with zero attached hydrogens (tertiary/aromatic N) is 4. The number of ether oxygens (including phenoxy) is 1. The van der Waals surface area contributed by atoms with Gasteiger partial charge in [0.2, 0.25) is 5.91 Å². The third kappa shape index (κ3) is 2.63. The number of pyridine rings is 1. The van der Waals surface area contributed by atoms with E-state index >= 15 is 0 Å². The molecular weight excluding hydrogens is 354 g/mol. The molecule has 0 bridgehead atoms. The fourth-order valence-electron chi connectivity index (χ4n) is 3.92. The monoisotopic (exact) mass is 373 g/mol. The van der Waals surface area contributed by atoms with Crippen LogP contribution in [0.3, 0.4) is 0 Å². The van der Waals surface area contributed by atoms with Crippen molar-refractivity contribution in [3.8, 4) is 11.4 Å². The van der Waals surface area contributed by atoms with E-state index in [-0.39, 0.29) is 11.8 Å². The van der Waals surface area contributed by atoms with Crippen molar-refractivity contribution in [3.63, 3.8) is 0 Å². The van der Waals surface area contributed by atoms with Crippen molar-refractivity contribution < 1.29 is 9.53 Å². The lowest BCUT2D eigenvalue weighted by molar-refractivity contribution is -0.121. The Labute approximate surface area is 161 Å². The van der Waals surface area contributed by atoms with Crippen LogP contribution in [0.15, 0.2) is 61.1 Å². The Morgan fingerprint density at radius 3 is 2.93 bits per heavy atom. The van der Waals surface area contributed by atoms with Gasteiger partial charge in [-0.15, -0.1) is 0 Å². The molecule has 0 saturated carbocycles. The lowest BCUT2D eigenvalue weighted by atomic mass is 9.90. The average molecular weight is 373 g/mol. The molecule has 7 nitrogen and oxygen atoms in total. The summed E-state index contributed by atoms with van der Waals surface area (Å²) in [6, 6.07) is 13.7. The number of imidazole rings is 1. The summed E-state index contributed by atoms with van der Waals surface area (Å²) in [4.78, 5) is 17.3. The Morgan fingerprint density at radius 2 is 2.11 bits per heavy atom. The van der Waals surface area contributed by atoms with E-state index in [1.54, 1.807) is 13.3 Å². The van der Waals surface area contributed by atoms with Gasteiger partial charge in [-0.05, 0) is 42.0 Å². The van der Waals surface area contributed by atoms with Crippen molar-refractivity contribution in [2.45, 2.75) is 18.9 Å². The van der Waals surface area contributed by atoms with E-state index in [1.807, 2.05) is 59.5 Å². The molecule has 3 aromatic heterocycles. The van der Waals surface area contributed by atoms with Crippen LogP contribution >= 0.6 is 0 Å². The van der Waals surface area contributed by atoms with Gasteiger partial charge in [-0.2, -0.15) is 5.10 Å². The number of aromatic nitrogens is 4. The summed E-state index contributed by atoms with van der Waals surface area (Å²) in [5.41, 5.74) is 4.68. The third-order valence-corrected chi connectivity index (χ3v) is 5.18. The van der Waals surface area contributed by atoms with Crippen LogP contribution in [-0.2, 0) is 11.3 Å². The van der Waals surface area contributed by atoms with Crippen molar-refractivity contribution >= 4 is 11.6 Å². The van der Waals surface area contributed by atoms with Gasteiger partial charge in [-0.3, -0.25) is 4.79 Å². The molecule has 1 N–H and O–H groups in total. The Morgan fingerprint density at radius 1 is 1.18 bits per heavy atom. The van der Waals surface area contributed by atoms with E-state index < -0.39 is 0 Å². The summed E-state index contributed by atoms with van der Waals surface area (Å²) in [6.45, 7) is 0.424. The van der Waals surface area contributed by atoms with Crippen LogP contribution < -0.4 is 10.1 Å². The molecule has 28 heavy (non-hydrogen) atoms. The van der Waals surface area contributed by atoms with Crippen molar-refractivity contribution in [1.82, 2.24) is 24.5 Å². The van der Waals surface area contributed by atoms with E-state index in [2.05, 4.69) is 14.8 Å². The van der Waals surface area contributed by atoms with Gasteiger partial charge >= 0.3 is 0 Å². The van der Waals surface area contributed by atoms with Crippen LogP contribution in [0.4, 0.5) is 0 Å². The number of amides is 1. The van der Waals surface area contributed by atoms with Gasteiger partial charge in [0, 0.05) is 30.9 Å². The van der Waals surface area contributed by atoms with Crippen molar-refractivity contribution in [3.05, 3.63) is 78.0 Å². The molecule has 4 aromatic rings. The normalized spacial score (nSPS) is 16.5. The molecule has 0 spiro atoms. The Hall–Kier alpha value is -3.61. The summed E-state index contributed by atoms with van der Waals surface area (Å²) in [7, 11) is 1.64. The van der Waals surface area contributed by atoms with E-state index in [0.29, 0.717) is 13.0 Å². The number of methoxy groups -OCH3 is 1. The molecule has 4 heterocycles. The molecule has 0 unspecified atom stereocenters. The first-order chi connectivity index (χ1) is 13.7. The fraction of sp³-hybridized carbons (Fsp3) is 0.190. The molecule has 5 rings (SSSR count). The van der Waals surface area contributed by atoms with Gasteiger partial charge in [0.15, 0.2) is 0 Å². The summed E-state index contributed by atoms with van der Waals surface area (Å²) >= 11 is 0. The highest BCUT2D eigenvalue weighted by Gasteiger charge is 2.31. The second-order valence-corrected chi connectivity index (χ2v) is 6.78. The maximum Gasteiger partial charge on any atom is 0.221 e. The highest BCUT2D eigenvalue weighted by atomic mass is 16.5. The molecule has 1 atom stereocenters. The SMILES string of the molecule is COc1ccc(-n2cccn2)c([C@@H]2CC(=O)NCc3nc4ccccn4c32)c1. The molecule has 0 fully saturated rings. The minimum Gasteiger partial charge on any atom is -0.497 e. The summed E-state index contributed by atoms with van der Waals surface area (Å²) in [6.07, 6.45) is 5.97. The average Bonchev–Trinajstić information content (AvgIpc) is 3.35. The molecule has 140 valence electrons. The number of hydrogen-bond donors (Lipinski definition) is 1. The predicted octanol–water partition coefficient (Wildman–Crippen LogP) is 2.68. The first-order valence-corrected chi connectivity index (χ1v) is 9.15. The second kappa shape index (κ2) is 6.53. The number of carbonyl (C=O) groups is 1. The first kappa shape index (κ1) is 16.6. The number of hydrogen-bond acceptors (Lipinski definition) is 4. The zero-order chi connectivity index (χ0) is 19.1. The highest BCUT2D eigenvalue weighted by molar-refractivity contribution is 5.79. The Bertz CT molecular complexity index is 1160. The Kier molecular flexibility index (Phi) is 3.86. The van der Waals surface area contributed by atoms with Gasteiger partial charge in [-0.25, -0.2) is 9.67 Å². The van der Waals surface area contributed by atoms with Gasteiger partial charge in [0.25, 0.3) is 0 Å². The molecule has 1 aliphatic rings. The highest BCUT2D eigenvalue weighted by Crippen LogP contribution is 2.37. The van der Waals surface area contributed by atoms with Gasteiger partial charge < -0.3 is 14.5 Å². The molecule has 1 aromatic carbocycles. The topological polar surface area (TPSA) is 73.5 Å². The number of nitrogens with one attached hydrogen (secondary N) is 1. The third-order valence-electron chi connectivity index (χ3n) is 5.18. The smallest absolute Gasteiger partial charge is 0.221 e. The van der Waals surface area contributed by atoms with Crippen molar-refractivity contribution in [2.75, 3.05) is 7.11 Å². The zero-order valence-electron chi connectivity index (χ0n) is 15.4. The quantitative estimate of drug-likeness (QED) is 0.599. The minimum atomic E-state index is -0.177. The van der Waals surface area contributed by atoms with Crippen molar-refractivity contribution in [1.29, 1.82) is 0 Å². The largest absolute Gasteiger partial charge is 0.497 e. The first-order valence-electron chi connectivity index (χ1n) is 9.15. The predicted molar refractivity (Wildman–Crippen MR) is 104 cm³/mol. The number of rotatable bonds is 3. The van der Waals surface area contributed by atoms with Crippen LogP contribution in [-0.4, -0.2) is 32.2 Å². The van der Waals surface area contributed by atoms with Crippen molar-refractivity contribution in [2.24, 2.45) is 0 Å². The summed E-state index contributed by atoms with van der Waals surface area (Å²) in [5.74, 6) is 0.567. The molecular formula is C21H19N5O2. The van der Waals surface area contributed by atoms with Crippen LogP contribution in [0.5, 0.6) is 5.75 Å². The van der Waals surface area contributed by atoms with Gasteiger partial charge in [-0.1, -0.05) is 6.07 Å². The number of benzene rings is 1. The summed E-state index contributed by atoms with van der Waals surface area (Å²) in [5, 5.41) is 7.37. The van der Waals surface area contributed by atoms with E-state index in [1.165, 1.54) is 0 Å². The minimum absolute atomic E-state index is 0.00177. The molecule has 0 radical (unpaired) electrons. The summed E-state index contributed by atoms with van der Waals surface area (Å²) < 4.78 is 9.38. The molecule has 0 aliphatic carbocycles. The fourth-order valence-corrected chi connectivity index (χ4v) is 3.92. The Balaban J connectivity index is 1.78. The lowest BCUT2D eigenvalue weighted by Crippen LogP contribution is -2.22. The molecule has 1 aliphatic heterocycles. The van der Waals surface area contributed by atoms with E-state index in [4.69, 9.17) is 9.72 Å². The van der Waals surface area contributed by atoms with Crippen LogP contribution in [0.2, 0.25) is 0 Å². The van der Waals surface area contributed by atoms with E-state index in [0.717, 1.165) is 34.0 Å². The van der Waals surface area contributed by atoms with E-state index in [9.17, 15) is 4.79 Å². The molecule has 7 heteroatoms. The maximum absolute atomic E-state index is 12.5. The molecule has 0 saturated heterocycles. The number of carbonyl (C=O) groups excluding carboxylic acids is 1. The van der Waals surface area contributed by atoms with Gasteiger partial charge in [0.05, 0.1) is 30.7 Å². The standard InChI is InChI=1S/C21H19N5O2/c1-28-14-6-7-18(26-10-4-8-23-26)15(11-14)16-12-20(27)22-13-17-21(16)25-9-3-2-5-19(25)24-17/h2-11,16H,12-13H2,1H3,(H,22,27)/t16-/m0/s1. The van der Waals surface area contributed by atoms with Crippen LogP contribution in [0, 0.1) is 0 Å². The van der Waals surface area contributed by atoms with Crippen LogP contribution in [0.25, 0.3) is 11.3 Å². The zero-order valence-corrected chi connectivity index (χ0v) is 15.4. The second-order valence-electron chi connectivity index (χ2n) is 6.78. The van der Waals surface area contributed by atoms with Gasteiger partial charge in [0.1, 0.15) is 11.4 Å². The lowest BCUT2D eigenvalue weighted by Gasteiger charge is -2.20. The maximum atomic E-state index is 12.5. The number of fused-ring (bicyclic) bond motifs is 3. The van der Waals surface area contributed by atoms with Crippen LogP contribution in [0.1, 0.15) is 29.3 Å².